The summed E-state index contributed by atoms with van der Waals surface area (Å²) in [5.41, 5.74) is 5.85. The van der Waals surface area contributed by atoms with Crippen molar-refractivity contribution in [1.29, 1.82) is 0 Å². The molecule has 1 aromatic rings. The Kier molecular flexibility index (Phi) is 4.16. The summed E-state index contributed by atoms with van der Waals surface area (Å²) in [7, 11) is 0. The minimum Gasteiger partial charge on any atom is -0.381 e. The van der Waals surface area contributed by atoms with Gasteiger partial charge in [-0.25, -0.2) is 4.39 Å². The van der Waals surface area contributed by atoms with Crippen LogP contribution < -0.4 is 11.1 Å². The Labute approximate surface area is 137 Å². The number of benzene rings is 1. The first kappa shape index (κ1) is 15.7. The maximum atomic E-state index is 14.0. The molecule has 120 valence electrons. The molecule has 2 aliphatic rings. The van der Waals surface area contributed by atoms with E-state index in [2.05, 4.69) is 21.2 Å². The zero-order valence-corrected chi connectivity index (χ0v) is 14.1. The van der Waals surface area contributed by atoms with Gasteiger partial charge in [-0.2, -0.15) is 0 Å². The quantitative estimate of drug-likeness (QED) is 0.834. The van der Waals surface area contributed by atoms with Crippen LogP contribution in [0.5, 0.6) is 0 Å². The first-order chi connectivity index (χ1) is 10.5. The smallest absolute Gasteiger partial charge is 0.253 e. The minimum absolute atomic E-state index is 0.0717. The van der Waals surface area contributed by atoms with E-state index in [4.69, 9.17) is 10.5 Å². The van der Waals surface area contributed by atoms with Crippen molar-refractivity contribution in [2.75, 3.05) is 11.9 Å². The van der Waals surface area contributed by atoms with E-state index in [1.54, 1.807) is 6.07 Å². The molecule has 2 unspecified atom stereocenters. The number of rotatable bonds is 5. The van der Waals surface area contributed by atoms with Crippen LogP contribution in [0.25, 0.3) is 0 Å². The molecule has 2 fully saturated rings. The molecule has 3 N–H and O–H groups in total. The van der Waals surface area contributed by atoms with Gasteiger partial charge in [0, 0.05) is 22.5 Å². The van der Waals surface area contributed by atoms with E-state index >= 15 is 0 Å². The third-order valence-corrected chi connectivity index (χ3v) is 5.53. The average Bonchev–Trinajstić information content (AvgIpc) is 2.33. The minimum atomic E-state index is -0.754. The number of primary amides is 1. The van der Waals surface area contributed by atoms with Crippen molar-refractivity contribution in [2.45, 2.75) is 44.8 Å². The topological polar surface area (TPSA) is 64.3 Å². The Morgan fingerprint density at radius 1 is 1.55 bits per heavy atom. The van der Waals surface area contributed by atoms with Crippen LogP contribution in [-0.4, -0.2) is 24.7 Å². The summed E-state index contributed by atoms with van der Waals surface area (Å²) in [5.74, 6) is -1.36. The fourth-order valence-corrected chi connectivity index (χ4v) is 4.20. The molecule has 2 saturated carbocycles. The number of hydrogen-bond donors (Lipinski definition) is 2. The molecule has 0 heterocycles. The van der Waals surface area contributed by atoms with Crippen molar-refractivity contribution in [3.63, 3.8) is 0 Å². The summed E-state index contributed by atoms with van der Waals surface area (Å²) < 4.78 is 20.4. The highest BCUT2D eigenvalue weighted by Crippen LogP contribution is 2.58. The van der Waals surface area contributed by atoms with Crippen molar-refractivity contribution in [1.82, 2.24) is 0 Å². The molecule has 6 heteroatoms. The second-order valence-electron chi connectivity index (χ2n) is 6.14. The van der Waals surface area contributed by atoms with Crippen molar-refractivity contribution >= 4 is 27.5 Å². The first-order valence-corrected chi connectivity index (χ1v) is 8.44. The lowest BCUT2D eigenvalue weighted by molar-refractivity contribution is -0.157. The number of carbonyl (C=O) groups excluding carboxylic acids is 1. The van der Waals surface area contributed by atoms with E-state index < -0.39 is 11.7 Å². The van der Waals surface area contributed by atoms with Crippen molar-refractivity contribution < 1.29 is 13.9 Å². The summed E-state index contributed by atoms with van der Waals surface area (Å²) in [6, 6.07) is 3.17. The van der Waals surface area contributed by atoms with Gasteiger partial charge in [-0.3, -0.25) is 4.79 Å². The lowest BCUT2D eigenvalue weighted by Crippen LogP contribution is -2.64. The maximum absolute atomic E-state index is 14.0. The molecular formula is C16H20BrFN2O2. The van der Waals surface area contributed by atoms with Crippen LogP contribution in [0.1, 0.15) is 43.0 Å². The largest absolute Gasteiger partial charge is 0.381 e. The molecule has 1 aromatic carbocycles. The number of nitrogens with one attached hydrogen (secondary N) is 1. The van der Waals surface area contributed by atoms with E-state index in [9.17, 15) is 9.18 Å². The molecule has 1 spiro atoms. The standard InChI is InChI=1S/C16H20BrFN2O2/c1-2-22-13-8-12(16(13)4-3-5-16)20-11-7-9(17)6-10(18)14(11)15(19)21/h6-7,12-13,20H,2-5,8H2,1H3,(H2,19,21). The lowest BCUT2D eigenvalue weighted by Gasteiger charge is -2.61. The van der Waals surface area contributed by atoms with Gasteiger partial charge >= 0.3 is 0 Å². The van der Waals surface area contributed by atoms with Crippen molar-refractivity contribution in [3.8, 4) is 0 Å². The van der Waals surface area contributed by atoms with Crippen LogP contribution in [0.3, 0.4) is 0 Å². The normalized spacial score (nSPS) is 25.4. The molecule has 22 heavy (non-hydrogen) atoms. The van der Waals surface area contributed by atoms with Crippen LogP contribution >= 0.6 is 15.9 Å². The lowest BCUT2D eigenvalue weighted by atomic mass is 9.51. The third kappa shape index (κ3) is 2.42. The molecule has 0 aliphatic heterocycles. The number of anilines is 1. The Hall–Kier alpha value is -1.14. The molecule has 0 aromatic heterocycles. The Morgan fingerprint density at radius 3 is 2.82 bits per heavy atom. The maximum Gasteiger partial charge on any atom is 0.253 e. The van der Waals surface area contributed by atoms with Gasteiger partial charge in [0.2, 0.25) is 0 Å². The van der Waals surface area contributed by atoms with Crippen molar-refractivity contribution in [2.24, 2.45) is 11.1 Å². The predicted molar refractivity (Wildman–Crippen MR) is 86.3 cm³/mol. The summed E-state index contributed by atoms with van der Waals surface area (Å²) in [6.07, 6.45) is 4.55. The van der Waals surface area contributed by atoms with Gasteiger partial charge in [0.25, 0.3) is 5.91 Å². The average molecular weight is 371 g/mol. The van der Waals surface area contributed by atoms with E-state index in [1.807, 2.05) is 6.92 Å². The van der Waals surface area contributed by atoms with E-state index in [0.29, 0.717) is 16.8 Å². The van der Waals surface area contributed by atoms with Crippen LogP contribution in [0.2, 0.25) is 0 Å². The Balaban J connectivity index is 1.84. The van der Waals surface area contributed by atoms with Gasteiger partial charge in [-0.15, -0.1) is 0 Å². The molecule has 0 bridgehead atoms. The highest BCUT2D eigenvalue weighted by Gasteiger charge is 2.59. The van der Waals surface area contributed by atoms with Crippen LogP contribution in [0.15, 0.2) is 16.6 Å². The molecule has 3 rings (SSSR count). The van der Waals surface area contributed by atoms with E-state index in [1.165, 1.54) is 12.5 Å². The molecule has 2 atom stereocenters. The second-order valence-corrected chi connectivity index (χ2v) is 7.05. The summed E-state index contributed by atoms with van der Waals surface area (Å²) in [5, 5.41) is 3.34. The highest BCUT2D eigenvalue weighted by atomic mass is 79.9. The molecular weight excluding hydrogens is 351 g/mol. The predicted octanol–water partition coefficient (Wildman–Crippen LogP) is 3.45. The zero-order chi connectivity index (χ0) is 15.9. The number of ether oxygens (including phenoxy) is 1. The Morgan fingerprint density at radius 2 is 2.27 bits per heavy atom. The molecule has 0 radical (unpaired) electrons. The van der Waals surface area contributed by atoms with Gasteiger partial charge < -0.3 is 15.8 Å². The van der Waals surface area contributed by atoms with Crippen LogP contribution in [0, 0.1) is 11.2 Å². The van der Waals surface area contributed by atoms with Crippen molar-refractivity contribution in [3.05, 3.63) is 28.0 Å². The van der Waals surface area contributed by atoms with E-state index in [0.717, 1.165) is 19.3 Å². The van der Waals surface area contributed by atoms with Crippen LogP contribution in [-0.2, 0) is 4.74 Å². The third-order valence-electron chi connectivity index (χ3n) is 5.07. The van der Waals surface area contributed by atoms with Gasteiger partial charge in [0.05, 0.1) is 17.4 Å². The summed E-state index contributed by atoms with van der Waals surface area (Å²) in [6.45, 7) is 2.71. The van der Waals surface area contributed by atoms with Crippen LogP contribution in [0.4, 0.5) is 10.1 Å². The van der Waals surface area contributed by atoms with Gasteiger partial charge in [-0.1, -0.05) is 22.4 Å². The number of halogens is 2. The number of hydrogen-bond acceptors (Lipinski definition) is 3. The Bertz CT molecular complexity index is 604. The molecule has 0 saturated heterocycles. The molecule has 2 aliphatic carbocycles. The van der Waals surface area contributed by atoms with Gasteiger partial charge in [-0.05, 0) is 38.3 Å². The number of nitrogens with two attached hydrogens (primary N) is 1. The summed E-state index contributed by atoms with van der Waals surface area (Å²) in [4.78, 5) is 11.6. The molecule has 4 nitrogen and oxygen atoms in total. The first-order valence-electron chi connectivity index (χ1n) is 7.65. The monoisotopic (exact) mass is 370 g/mol. The SMILES string of the molecule is CCOC1CC(Nc2cc(Br)cc(F)c2C(N)=O)C12CCC2. The number of amides is 1. The van der Waals surface area contributed by atoms with Gasteiger partial charge in [0.15, 0.2) is 0 Å². The summed E-state index contributed by atoms with van der Waals surface area (Å²) >= 11 is 3.27. The fourth-order valence-electron chi connectivity index (χ4n) is 3.77. The zero-order valence-electron chi connectivity index (χ0n) is 12.5. The number of carbonyl (C=O) groups is 1. The highest BCUT2D eigenvalue weighted by molar-refractivity contribution is 9.10. The fraction of sp³-hybridized carbons (Fsp3) is 0.562. The second kappa shape index (κ2) is 5.81. The van der Waals surface area contributed by atoms with E-state index in [-0.39, 0.29) is 23.1 Å². The van der Waals surface area contributed by atoms with Gasteiger partial charge in [0.1, 0.15) is 5.82 Å². The molecule has 1 amide bonds.